The van der Waals surface area contributed by atoms with Crippen LogP contribution in [0.5, 0.6) is 0 Å². The van der Waals surface area contributed by atoms with Gasteiger partial charge >= 0.3 is 5.97 Å². The number of aryl methyl sites for hydroxylation is 1. The molecule has 0 spiro atoms. The molecule has 1 atom stereocenters. The molecule has 0 aliphatic carbocycles. The lowest BCUT2D eigenvalue weighted by Crippen LogP contribution is -2.33. The molecule has 0 bridgehead atoms. The Kier molecular flexibility index (Phi) is 6.32. The van der Waals surface area contributed by atoms with Gasteiger partial charge in [-0.15, -0.1) is 0 Å². The Morgan fingerprint density at radius 2 is 1.53 bits per heavy atom. The van der Waals surface area contributed by atoms with Gasteiger partial charge in [0.15, 0.2) is 6.10 Å². The molecule has 4 aromatic rings. The van der Waals surface area contributed by atoms with Crippen molar-refractivity contribution >= 4 is 28.3 Å². The molecule has 0 fully saturated rings. The summed E-state index contributed by atoms with van der Waals surface area (Å²) in [6, 6.07) is 22.1. The summed E-state index contributed by atoms with van der Waals surface area (Å²) in [5, 5.41) is 3.98. The molecule has 1 unspecified atom stereocenters. The molecule has 0 saturated heterocycles. The van der Waals surface area contributed by atoms with Gasteiger partial charge in [-0.25, -0.2) is 4.79 Å². The van der Waals surface area contributed by atoms with Gasteiger partial charge in [0.1, 0.15) is 5.69 Å². The summed E-state index contributed by atoms with van der Waals surface area (Å²) in [4.78, 5) is 39.2. The number of esters is 1. The molecule has 0 aliphatic heterocycles. The monoisotopic (exact) mass is 454 g/mol. The van der Waals surface area contributed by atoms with E-state index in [1.54, 1.807) is 25.2 Å². The topological polar surface area (TPSA) is 77.4 Å². The van der Waals surface area contributed by atoms with Crippen molar-refractivity contribution in [3.63, 3.8) is 0 Å². The van der Waals surface area contributed by atoms with Crippen molar-refractivity contribution in [3.05, 3.63) is 100.0 Å². The fourth-order valence-electron chi connectivity index (χ4n) is 3.99. The van der Waals surface area contributed by atoms with Gasteiger partial charge in [0.2, 0.25) is 0 Å². The van der Waals surface area contributed by atoms with Gasteiger partial charge in [0.25, 0.3) is 11.5 Å². The van der Waals surface area contributed by atoms with E-state index >= 15 is 0 Å². The Hall–Kier alpha value is -4.19. The number of anilines is 1. The van der Waals surface area contributed by atoms with E-state index in [-0.39, 0.29) is 11.3 Å². The normalized spacial score (nSPS) is 11.8. The van der Waals surface area contributed by atoms with E-state index in [2.05, 4.69) is 5.32 Å². The number of carbonyl (C=O) groups excluding carboxylic acids is 2. The minimum atomic E-state index is -1.07. The first-order valence-corrected chi connectivity index (χ1v) is 11.0. The highest BCUT2D eigenvalue weighted by Crippen LogP contribution is 2.31. The summed E-state index contributed by atoms with van der Waals surface area (Å²) in [5.41, 5.74) is 3.80. The van der Waals surface area contributed by atoms with Crippen LogP contribution in [0.2, 0.25) is 0 Å². The number of benzene rings is 3. The standard InChI is InChI=1S/C28H26N2O4/c1-17-11-10-16-23(18(17)2)29-26(31)19(3)34-28(33)25-24(20-12-6-5-7-13-20)21-14-8-9-15-22(21)27(32)30(25)4/h5-16,19H,1-4H3,(H,29,31). The smallest absolute Gasteiger partial charge is 0.356 e. The van der Waals surface area contributed by atoms with Crippen molar-refractivity contribution < 1.29 is 14.3 Å². The molecule has 0 radical (unpaired) electrons. The highest BCUT2D eigenvalue weighted by atomic mass is 16.5. The predicted molar refractivity (Wildman–Crippen MR) is 134 cm³/mol. The summed E-state index contributed by atoms with van der Waals surface area (Å²) in [6.07, 6.45) is -1.07. The van der Waals surface area contributed by atoms with E-state index < -0.39 is 18.0 Å². The minimum absolute atomic E-state index is 0.0984. The molecule has 172 valence electrons. The van der Waals surface area contributed by atoms with Gasteiger partial charge in [-0.2, -0.15) is 0 Å². The zero-order valence-electron chi connectivity index (χ0n) is 19.6. The molecule has 1 heterocycles. The Balaban J connectivity index is 1.73. The van der Waals surface area contributed by atoms with Gasteiger partial charge in [0, 0.05) is 23.7 Å². The van der Waals surface area contributed by atoms with Crippen LogP contribution in [0.15, 0.2) is 77.6 Å². The van der Waals surface area contributed by atoms with Crippen molar-refractivity contribution in [2.75, 3.05) is 5.32 Å². The van der Waals surface area contributed by atoms with Crippen LogP contribution in [0.3, 0.4) is 0 Å². The van der Waals surface area contributed by atoms with Crippen LogP contribution >= 0.6 is 0 Å². The Labute approximate surface area is 197 Å². The van der Waals surface area contributed by atoms with E-state index in [1.807, 2.05) is 68.4 Å². The molecule has 1 N–H and O–H groups in total. The number of nitrogens with one attached hydrogen (secondary N) is 1. The molecule has 0 aliphatic rings. The minimum Gasteiger partial charge on any atom is -0.448 e. The number of ether oxygens (including phenoxy) is 1. The van der Waals surface area contributed by atoms with Crippen molar-refractivity contribution in [1.82, 2.24) is 4.57 Å². The third kappa shape index (κ3) is 4.22. The van der Waals surface area contributed by atoms with Gasteiger partial charge in [0.05, 0.1) is 0 Å². The average molecular weight is 455 g/mol. The maximum absolute atomic E-state index is 13.4. The molecule has 0 saturated carbocycles. The predicted octanol–water partition coefficient (Wildman–Crippen LogP) is 5.01. The number of aromatic nitrogens is 1. The van der Waals surface area contributed by atoms with Crippen LogP contribution in [0.25, 0.3) is 21.9 Å². The third-order valence-corrected chi connectivity index (χ3v) is 6.08. The van der Waals surface area contributed by atoms with E-state index in [1.165, 1.54) is 11.5 Å². The number of carbonyl (C=O) groups is 2. The second-order valence-electron chi connectivity index (χ2n) is 8.28. The first-order valence-electron chi connectivity index (χ1n) is 11.0. The first kappa shape index (κ1) is 23.0. The van der Waals surface area contributed by atoms with E-state index in [0.29, 0.717) is 22.0 Å². The van der Waals surface area contributed by atoms with Crippen LogP contribution in [0.1, 0.15) is 28.5 Å². The first-order chi connectivity index (χ1) is 16.3. The zero-order valence-corrected chi connectivity index (χ0v) is 19.6. The maximum Gasteiger partial charge on any atom is 0.356 e. The summed E-state index contributed by atoms with van der Waals surface area (Å²) in [7, 11) is 1.54. The molecule has 3 aromatic carbocycles. The number of fused-ring (bicyclic) bond motifs is 1. The van der Waals surface area contributed by atoms with Crippen LogP contribution in [-0.2, 0) is 16.6 Å². The molecule has 1 amide bonds. The molecule has 6 nitrogen and oxygen atoms in total. The van der Waals surface area contributed by atoms with Crippen LogP contribution in [-0.4, -0.2) is 22.5 Å². The van der Waals surface area contributed by atoms with Gasteiger partial charge in [-0.3, -0.25) is 9.59 Å². The van der Waals surface area contributed by atoms with Gasteiger partial charge < -0.3 is 14.6 Å². The molecule has 4 rings (SSSR count). The second kappa shape index (κ2) is 9.35. The summed E-state index contributed by atoms with van der Waals surface area (Å²) >= 11 is 0. The fourth-order valence-corrected chi connectivity index (χ4v) is 3.99. The van der Waals surface area contributed by atoms with Crippen LogP contribution < -0.4 is 10.9 Å². The lowest BCUT2D eigenvalue weighted by Gasteiger charge is -2.19. The molecule has 6 heteroatoms. The van der Waals surface area contributed by atoms with Gasteiger partial charge in [-0.05, 0) is 55.0 Å². The number of nitrogens with zero attached hydrogens (tertiary/aromatic N) is 1. The molecular weight excluding hydrogens is 428 g/mol. The lowest BCUT2D eigenvalue weighted by molar-refractivity contribution is -0.123. The second-order valence-corrected chi connectivity index (χ2v) is 8.28. The number of pyridine rings is 1. The Morgan fingerprint density at radius 3 is 2.24 bits per heavy atom. The van der Waals surface area contributed by atoms with Gasteiger partial charge in [-0.1, -0.05) is 60.7 Å². The summed E-state index contributed by atoms with van der Waals surface area (Å²) in [6.45, 7) is 5.39. The number of hydrogen-bond donors (Lipinski definition) is 1. The fraction of sp³-hybridized carbons (Fsp3) is 0.179. The maximum atomic E-state index is 13.4. The Bertz CT molecular complexity index is 1450. The zero-order chi connectivity index (χ0) is 24.4. The quantitative estimate of drug-likeness (QED) is 0.430. The average Bonchev–Trinajstić information content (AvgIpc) is 2.84. The SMILES string of the molecule is Cc1cccc(NC(=O)C(C)OC(=O)c2c(-c3ccccc3)c3ccccc3c(=O)n2C)c1C. The van der Waals surface area contributed by atoms with Crippen LogP contribution in [0.4, 0.5) is 5.69 Å². The van der Waals surface area contributed by atoms with Crippen LogP contribution in [0, 0.1) is 13.8 Å². The summed E-state index contributed by atoms with van der Waals surface area (Å²) in [5.74, 6) is -1.19. The summed E-state index contributed by atoms with van der Waals surface area (Å²) < 4.78 is 6.87. The Morgan fingerprint density at radius 1 is 0.882 bits per heavy atom. The van der Waals surface area contributed by atoms with E-state index in [9.17, 15) is 14.4 Å². The third-order valence-electron chi connectivity index (χ3n) is 6.08. The van der Waals surface area contributed by atoms with Crippen molar-refractivity contribution in [3.8, 4) is 11.1 Å². The highest BCUT2D eigenvalue weighted by Gasteiger charge is 2.26. The van der Waals surface area contributed by atoms with Crippen molar-refractivity contribution in [1.29, 1.82) is 0 Å². The molecule has 34 heavy (non-hydrogen) atoms. The number of hydrogen-bond acceptors (Lipinski definition) is 4. The van der Waals surface area contributed by atoms with Crippen molar-refractivity contribution in [2.45, 2.75) is 26.9 Å². The number of amides is 1. The molecule has 1 aromatic heterocycles. The van der Waals surface area contributed by atoms with Crippen molar-refractivity contribution in [2.24, 2.45) is 7.05 Å². The molecular formula is C28H26N2O4. The van der Waals surface area contributed by atoms with E-state index in [4.69, 9.17) is 4.74 Å². The largest absolute Gasteiger partial charge is 0.448 e. The number of rotatable bonds is 5. The van der Waals surface area contributed by atoms with E-state index in [0.717, 1.165) is 16.7 Å². The highest BCUT2D eigenvalue weighted by molar-refractivity contribution is 6.07. The lowest BCUT2D eigenvalue weighted by atomic mass is 9.97.